The van der Waals surface area contributed by atoms with Crippen molar-refractivity contribution in [2.45, 2.75) is 33.4 Å². The molecule has 0 radical (unpaired) electrons. The molecule has 1 aromatic heterocycles. The number of anilines is 1. The lowest BCUT2D eigenvalue weighted by molar-refractivity contribution is -0.128. The quantitative estimate of drug-likeness (QED) is 0.368. The van der Waals surface area contributed by atoms with Gasteiger partial charge in [-0.15, -0.1) is 0 Å². The summed E-state index contributed by atoms with van der Waals surface area (Å²) in [6.45, 7) is 5.46. The van der Waals surface area contributed by atoms with Crippen molar-refractivity contribution >= 4 is 34.3 Å². The lowest BCUT2D eigenvalue weighted by atomic mass is 9.86. The highest BCUT2D eigenvalue weighted by atomic mass is 16.5. The van der Waals surface area contributed by atoms with Crippen LogP contribution in [-0.4, -0.2) is 47.2 Å². The van der Waals surface area contributed by atoms with Crippen LogP contribution in [0.25, 0.3) is 10.9 Å². The van der Waals surface area contributed by atoms with Crippen molar-refractivity contribution in [3.63, 3.8) is 0 Å². The normalized spacial score (nSPS) is 12.2. The minimum absolute atomic E-state index is 0.182. The Morgan fingerprint density at radius 2 is 1.85 bits per heavy atom. The van der Waals surface area contributed by atoms with Crippen LogP contribution in [0.1, 0.15) is 36.8 Å². The maximum absolute atomic E-state index is 13.3. The smallest absolute Gasteiger partial charge is 0.273 e. The second-order valence-corrected chi connectivity index (χ2v) is 9.05. The monoisotopic (exact) mass is 466 g/mol. The summed E-state index contributed by atoms with van der Waals surface area (Å²) in [5, 5.41) is 10.4. The maximum atomic E-state index is 13.3. The average molecular weight is 467 g/mol. The third kappa shape index (κ3) is 5.45. The van der Waals surface area contributed by atoms with E-state index in [1.165, 1.54) is 0 Å². The number of hydrogen-bond acceptors (Lipinski definition) is 6. The molecule has 2 aromatic carbocycles. The topological polar surface area (TPSA) is 154 Å². The van der Waals surface area contributed by atoms with Gasteiger partial charge in [-0.1, -0.05) is 45.0 Å². The van der Waals surface area contributed by atoms with Gasteiger partial charge in [-0.25, -0.2) is 0 Å². The molecule has 10 nitrogen and oxygen atoms in total. The van der Waals surface area contributed by atoms with Gasteiger partial charge in [0.05, 0.1) is 25.7 Å². The number of nitrogens with one attached hydrogen (secondary N) is 2. The number of hydrogen-bond donors (Lipinski definition) is 4. The second-order valence-electron chi connectivity index (χ2n) is 9.05. The summed E-state index contributed by atoms with van der Waals surface area (Å²) in [5.41, 5.74) is 12.7. The average Bonchev–Trinajstić information content (AvgIpc) is 3.14. The fourth-order valence-electron chi connectivity index (χ4n) is 3.62. The Bertz CT molecular complexity index is 1230. The van der Waals surface area contributed by atoms with Gasteiger partial charge in [0.15, 0.2) is 5.69 Å². The zero-order chi connectivity index (χ0) is 25.0. The molecular weight excluding hydrogens is 436 g/mol. The first-order valence-corrected chi connectivity index (χ1v) is 10.8. The molecule has 0 aliphatic rings. The lowest BCUT2D eigenvalue weighted by Crippen LogP contribution is -2.54. The minimum atomic E-state index is -0.916. The standard InChI is InChI=1S/C24H30N6O4/c1-24(2,3)21(23(33)27-12-19(26)31)28-22(32)20-16-7-5-6-8-17(16)30(29-20)13-14-9-10-15(25)11-18(14)34-4/h5-11,21H,12-13,25H2,1-4H3,(H2,26,31)(H,27,33)(H,28,32). The van der Waals surface area contributed by atoms with Crippen molar-refractivity contribution in [3.05, 3.63) is 53.7 Å². The van der Waals surface area contributed by atoms with Crippen molar-refractivity contribution in [1.29, 1.82) is 0 Å². The molecule has 0 aliphatic carbocycles. The van der Waals surface area contributed by atoms with Gasteiger partial charge in [-0.2, -0.15) is 5.10 Å². The summed E-state index contributed by atoms with van der Waals surface area (Å²) < 4.78 is 7.15. The number of carbonyl (C=O) groups is 3. The molecule has 0 bridgehead atoms. The van der Waals surface area contributed by atoms with Gasteiger partial charge in [0.25, 0.3) is 5.91 Å². The number of amides is 3. The summed E-state index contributed by atoms with van der Waals surface area (Å²) in [5.74, 6) is -1.07. The van der Waals surface area contributed by atoms with Crippen LogP contribution in [0.4, 0.5) is 5.69 Å². The molecule has 3 aromatic rings. The number of nitrogens with zero attached hydrogens (tertiary/aromatic N) is 2. The van der Waals surface area contributed by atoms with Gasteiger partial charge in [-0.05, 0) is 17.5 Å². The summed E-state index contributed by atoms with van der Waals surface area (Å²) in [6, 6.07) is 11.8. The molecule has 0 spiro atoms. The predicted octanol–water partition coefficient (Wildman–Crippen LogP) is 1.42. The molecule has 6 N–H and O–H groups in total. The Balaban J connectivity index is 1.94. The van der Waals surface area contributed by atoms with E-state index in [0.717, 1.165) is 11.1 Å². The van der Waals surface area contributed by atoms with E-state index in [0.29, 0.717) is 23.4 Å². The third-order valence-corrected chi connectivity index (χ3v) is 5.34. The van der Waals surface area contributed by atoms with Crippen LogP contribution in [0.5, 0.6) is 5.75 Å². The number of rotatable bonds is 8. The number of primary amides is 1. The summed E-state index contributed by atoms with van der Waals surface area (Å²) in [7, 11) is 1.56. The molecule has 1 atom stereocenters. The lowest BCUT2D eigenvalue weighted by Gasteiger charge is -2.30. The number of nitrogen functional groups attached to an aromatic ring is 1. The van der Waals surface area contributed by atoms with E-state index in [-0.39, 0.29) is 12.2 Å². The number of nitrogens with two attached hydrogens (primary N) is 2. The SMILES string of the molecule is COc1cc(N)ccc1Cn1nc(C(=O)NC(C(=O)NCC(N)=O)C(C)(C)C)c2ccccc21. The van der Waals surface area contributed by atoms with Crippen LogP contribution in [-0.2, 0) is 16.1 Å². The maximum Gasteiger partial charge on any atom is 0.273 e. The molecule has 0 aliphatic heterocycles. The van der Waals surface area contributed by atoms with E-state index in [2.05, 4.69) is 15.7 Å². The Kier molecular flexibility index (Phi) is 7.09. The summed E-state index contributed by atoms with van der Waals surface area (Å²) in [4.78, 5) is 37.1. The van der Waals surface area contributed by atoms with Crippen molar-refractivity contribution in [1.82, 2.24) is 20.4 Å². The molecule has 0 saturated heterocycles. The van der Waals surface area contributed by atoms with E-state index in [1.54, 1.807) is 30.0 Å². The van der Waals surface area contributed by atoms with E-state index in [9.17, 15) is 14.4 Å². The van der Waals surface area contributed by atoms with Crippen molar-refractivity contribution in [3.8, 4) is 5.75 Å². The highest BCUT2D eigenvalue weighted by Gasteiger charge is 2.34. The van der Waals surface area contributed by atoms with Gasteiger partial charge in [0, 0.05) is 22.7 Å². The first-order chi connectivity index (χ1) is 16.0. The first kappa shape index (κ1) is 24.6. The van der Waals surface area contributed by atoms with Crippen LogP contribution < -0.4 is 26.8 Å². The van der Waals surface area contributed by atoms with E-state index >= 15 is 0 Å². The summed E-state index contributed by atoms with van der Waals surface area (Å²) >= 11 is 0. The van der Waals surface area contributed by atoms with Crippen LogP contribution in [0, 0.1) is 5.41 Å². The Morgan fingerprint density at radius 1 is 1.15 bits per heavy atom. The molecule has 1 heterocycles. The van der Waals surface area contributed by atoms with Crippen LogP contribution in [0.3, 0.4) is 0 Å². The van der Waals surface area contributed by atoms with E-state index in [4.69, 9.17) is 16.2 Å². The molecule has 3 amide bonds. The minimum Gasteiger partial charge on any atom is -0.496 e. The van der Waals surface area contributed by atoms with Gasteiger partial charge >= 0.3 is 0 Å². The first-order valence-electron chi connectivity index (χ1n) is 10.8. The molecule has 10 heteroatoms. The van der Waals surface area contributed by atoms with Gasteiger partial charge in [0.1, 0.15) is 11.8 Å². The third-order valence-electron chi connectivity index (χ3n) is 5.34. The molecule has 3 rings (SSSR count). The molecule has 34 heavy (non-hydrogen) atoms. The van der Waals surface area contributed by atoms with Crippen LogP contribution >= 0.6 is 0 Å². The van der Waals surface area contributed by atoms with Gasteiger partial charge < -0.3 is 26.8 Å². The highest BCUT2D eigenvalue weighted by molar-refractivity contribution is 6.06. The highest BCUT2D eigenvalue weighted by Crippen LogP contribution is 2.26. The molecule has 180 valence electrons. The zero-order valence-electron chi connectivity index (χ0n) is 19.7. The van der Waals surface area contributed by atoms with E-state index < -0.39 is 29.2 Å². The number of aromatic nitrogens is 2. The number of methoxy groups -OCH3 is 1. The molecular formula is C24H30N6O4. The number of carbonyl (C=O) groups excluding carboxylic acids is 3. The number of para-hydroxylation sites is 1. The fraction of sp³-hybridized carbons (Fsp3) is 0.333. The van der Waals surface area contributed by atoms with Crippen LogP contribution in [0.15, 0.2) is 42.5 Å². The van der Waals surface area contributed by atoms with Crippen LogP contribution in [0.2, 0.25) is 0 Å². The Morgan fingerprint density at radius 3 is 2.50 bits per heavy atom. The Labute approximate surface area is 197 Å². The molecule has 0 saturated carbocycles. The largest absolute Gasteiger partial charge is 0.496 e. The van der Waals surface area contributed by atoms with E-state index in [1.807, 2.05) is 45.0 Å². The zero-order valence-corrected chi connectivity index (χ0v) is 19.7. The predicted molar refractivity (Wildman–Crippen MR) is 129 cm³/mol. The Hall–Kier alpha value is -4.08. The number of ether oxygens (including phenoxy) is 1. The van der Waals surface area contributed by atoms with Gasteiger partial charge in [-0.3, -0.25) is 19.1 Å². The fourth-order valence-corrected chi connectivity index (χ4v) is 3.62. The molecule has 0 fully saturated rings. The summed E-state index contributed by atoms with van der Waals surface area (Å²) in [6.07, 6.45) is 0. The second kappa shape index (κ2) is 9.82. The van der Waals surface area contributed by atoms with Gasteiger partial charge in [0.2, 0.25) is 11.8 Å². The van der Waals surface area contributed by atoms with Crippen molar-refractivity contribution in [2.24, 2.45) is 11.1 Å². The van der Waals surface area contributed by atoms with Crippen molar-refractivity contribution in [2.75, 3.05) is 19.4 Å². The molecule has 1 unspecified atom stereocenters. The van der Waals surface area contributed by atoms with Crippen molar-refractivity contribution < 1.29 is 19.1 Å². The number of benzene rings is 2. The number of fused-ring (bicyclic) bond motifs is 1.